The number of hydrogen-bond donors (Lipinski definition) is 0. The summed E-state index contributed by atoms with van der Waals surface area (Å²) in [6.45, 7) is 0. The van der Waals surface area contributed by atoms with Gasteiger partial charge in [-0.3, -0.25) is 0 Å². The van der Waals surface area contributed by atoms with Crippen LogP contribution < -0.4 is 0 Å². The van der Waals surface area contributed by atoms with Gasteiger partial charge in [-0.1, -0.05) is 182 Å². The second kappa shape index (κ2) is 14.6. The minimum atomic E-state index is 0.588. The van der Waals surface area contributed by atoms with Crippen molar-refractivity contribution >= 4 is 10.8 Å². The van der Waals surface area contributed by atoms with E-state index in [-0.39, 0.29) is 0 Å². The lowest BCUT2D eigenvalue weighted by Crippen LogP contribution is -2.00. The molecule has 0 amide bonds. The summed E-state index contributed by atoms with van der Waals surface area (Å²) in [6.07, 6.45) is 0. The van der Waals surface area contributed by atoms with Crippen molar-refractivity contribution in [2.24, 2.45) is 0 Å². The molecule has 10 aromatic rings. The van der Waals surface area contributed by atoms with Crippen molar-refractivity contribution in [3.63, 3.8) is 0 Å². The van der Waals surface area contributed by atoms with Gasteiger partial charge in [-0.25, -0.2) is 15.0 Å². The van der Waals surface area contributed by atoms with Crippen LogP contribution in [0.1, 0.15) is 5.56 Å². The van der Waals surface area contributed by atoms with E-state index in [4.69, 9.17) is 15.0 Å². The number of hydrogen-bond acceptors (Lipinski definition) is 4. The maximum Gasteiger partial charge on any atom is 0.164 e. The van der Waals surface area contributed by atoms with Gasteiger partial charge in [-0.05, 0) is 102 Å². The summed E-state index contributed by atoms with van der Waals surface area (Å²) in [5.41, 5.74) is 17.1. The van der Waals surface area contributed by atoms with Gasteiger partial charge in [-0.15, -0.1) is 0 Å². The summed E-state index contributed by atoms with van der Waals surface area (Å²) in [5, 5.41) is 12.7. The number of benzene rings is 9. The Bertz CT molecular complexity index is 3260. The van der Waals surface area contributed by atoms with Crippen molar-refractivity contribution in [3.8, 4) is 107 Å². The van der Waals surface area contributed by atoms with Crippen LogP contribution in [0.2, 0.25) is 0 Å². The Labute approximate surface area is 348 Å². The SMILES string of the molecule is N#Cc1ccc(-c2cccc(-c3nc(-c4ccccc4)nc(-c4ccccc4)n3)c2)c(-c2cccc(-c3ccccc3-c3cccc4c3-c3cccc5cccc-4c35)c2)c1. The number of aromatic nitrogens is 3. The van der Waals surface area contributed by atoms with E-state index in [1.54, 1.807) is 0 Å². The van der Waals surface area contributed by atoms with Crippen LogP contribution in [0.25, 0.3) is 112 Å². The highest BCUT2D eigenvalue weighted by molar-refractivity contribution is 6.18. The van der Waals surface area contributed by atoms with Gasteiger partial charge >= 0.3 is 0 Å². The Morgan fingerprint density at radius 3 is 1.38 bits per heavy atom. The number of nitrogens with zero attached hydrogens (tertiary/aromatic N) is 4. The van der Waals surface area contributed by atoms with Gasteiger partial charge in [0.05, 0.1) is 11.6 Å². The van der Waals surface area contributed by atoms with Crippen LogP contribution in [0.5, 0.6) is 0 Å². The third-order valence-corrected chi connectivity index (χ3v) is 11.5. The molecule has 0 aliphatic heterocycles. The van der Waals surface area contributed by atoms with Gasteiger partial charge in [0.25, 0.3) is 0 Å². The Morgan fingerprint density at radius 2 is 0.733 bits per heavy atom. The van der Waals surface area contributed by atoms with Gasteiger partial charge in [0.1, 0.15) is 0 Å². The monoisotopic (exact) mass is 762 g/mol. The third kappa shape index (κ3) is 6.05. The molecule has 0 radical (unpaired) electrons. The molecule has 1 aliphatic carbocycles. The average molecular weight is 763 g/mol. The fourth-order valence-electron chi connectivity index (χ4n) is 8.76. The van der Waals surface area contributed by atoms with Crippen molar-refractivity contribution in [1.29, 1.82) is 5.26 Å². The molecule has 1 aliphatic rings. The fourth-order valence-corrected chi connectivity index (χ4v) is 8.76. The van der Waals surface area contributed by atoms with Crippen LogP contribution in [-0.2, 0) is 0 Å². The summed E-state index contributed by atoms with van der Waals surface area (Å²) in [5.74, 6) is 1.82. The van der Waals surface area contributed by atoms with E-state index in [1.807, 2.05) is 84.9 Å². The molecule has 9 aromatic carbocycles. The first kappa shape index (κ1) is 34.9. The van der Waals surface area contributed by atoms with E-state index in [9.17, 15) is 5.26 Å². The molecule has 0 saturated heterocycles. The van der Waals surface area contributed by atoms with E-state index in [2.05, 4.69) is 127 Å². The van der Waals surface area contributed by atoms with E-state index >= 15 is 0 Å². The maximum atomic E-state index is 10.1. The summed E-state index contributed by atoms with van der Waals surface area (Å²) in [7, 11) is 0. The molecule has 4 heteroatoms. The lowest BCUT2D eigenvalue weighted by atomic mass is 9.87. The van der Waals surface area contributed by atoms with E-state index < -0.39 is 0 Å². The van der Waals surface area contributed by atoms with Gasteiger partial charge in [0.15, 0.2) is 17.5 Å². The number of nitriles is 1. The third-order valence-electron chi connectivity index (χ3n) is 11.5. The number of rotatable bonds is 7. The van der Waals surface area contributed by atoms with Crippen molar-refractivity contribution in [2.45, 2.75) is 0 Å². The predicted molar refractivity (Wildman–Crippen MR) is 245 cm³/mol. The smallest absolute Gasteiger partial charge is 0.164 e. The van der Waals surface area contributed by atoms with Crippen molar-refractivity contribution < 1.29 is 0 Å². The minimum absolute atomic E-state index is 0.588. The largest absolute Gasteiger partial charge is 0.208 e. The zero-order valence-electron chi connectivity index (χ0n) is 32.4. The zero-order chi connectivity index (χ0) is 40.0. The molecule has 0 bridgehead atoms. The Kier molecular flexibility index (Phi) is 8.50. The molecule has 0 saturated carbocycles. The molecule has 278 valence electrons. The molecule has 0 atom stereocenters. The Hall–Kier alpha value is -8.26. The van der Waals surface area contributed by atoms with Gasteiger partial charge < -0.3 is 0 Å². The van der Waals surface area contributed by atoms with Crippen LogP contribution in [0.3, 0.4) is 0 Å². The van der Waals surface area contributed by atoms with Crippen molar-refractivity contribution in [1.82, 2.24) is 15.0 Å². The zero-order valence-corrected chi connectivity index (χ0v) is 32.4. The normalized spacial score (nSPS) is 11.3. The molecule has 0 fully saturated rings. The first-order valence-electron chi connectivity index (χ1n) is 20.1. The second-order valence-corrected chi connectivity index (χ2v) is 15.1. The highest BCUT2D eigenvalue weighted by atomic mass is 15.0. The molecule has 11 rings (SSSR count). The Morgan fingerprint density at radius 1 is 0.300 bits per heavy atom. The molecular formula is C56H34N4. The van der Waals surface area contributed by atoms with Crippen LogP contribution in [-0.4, -0.2) is 15.0 Å². The maximum absolute atomic E-state index is 10.1. The first-order chi connectivity index (χ1) is 29.7. The molecule has 4 nitrogen and oxygen atoms in total. The molecule has 0 unspecified atom stereocenters. The fraction of sp³-hybridized carbons (Fsp3) is 0. The van der Waals surface area contributed by atoms with Crippen molar-refractivity contribution in [3.05, 3.63) is 212 Å². The highest BCUT2D eigenvalue weighted by Crippen LogP contribution is 2.52. The minimum Gasteiger partial charge on any atom is -0.208 e. The average Bonchev–Trinajstić information content (AvgIpc) is 3.67. The predicted octanol–water partition coefficient (Wildman–Crippen LogP) is 14.2. The van der Waals surface area contributed by atoms with E-state index in [0.29, 0.717) is 23.0 Å². The van der Waals surface area contributed by atoms with Gasteiger partial charge in [-0.2, -0.15) is 5.26 Å². The summed E-state index contributed by atoms with van der Waals surface area (Å²) in [6, 6.07) is 74.0. The standard InChI is InChI=1S/C56H34N4/c57-35-36-30-31-45(41-21-10-23-43(34-41)56-59-54(38-14-3-1-4-15-38)58-55(60-56)39-16-5-2-6-17-39)51(32-36)42-22-9-20-40(33-42)44-24-7-8-25-46(44)47-27-13-28-49-48-26-11-18-37-19-12-29-50(52(37)48)53(47)49/h1-34H. The molecule has 60 heavy (non-hydrogen) atoms. The van der Waals surface area contributed by atoms with E-state index in [0.717, 1.165) is 50.1 Å². The van der Waals surface area contributed by atoms with Crippen LogP contribution in [0, 0.1) is 11.3 Å². The van der Waals surface area contributed by atoms with Crippen LogP contribution in [0.15, 0.2) is 206 Å². The Balaban J connectivity index is 1.02. The molecule has 0 N–H and O–H groups in total. The summed E-state index contributed by atoms with van der Waals surface area (Å²) >= 11 is 0. The lowest BCUT2D eigenvalue weighted by molar-refractivity contribution is 1.07. The second-order valence-electron chi connectivity index (χ2n) is 15.1. The molecule has 1 heterocycles. The van der Waals surface area contributed by atoms with Gasteiger partial charge in [0.2, 0.25) is 0 Å². The molecular weight excluding hydrogens is 729 g/mol. The van der Waals surface area contributed by atoms with Gasteiger partial charge in [0, 0.05) is 16.7 Å². The number of fused-ring (bicyclic) bond motifs is 3. The molecule has 1 aromatic heterocycles. The topological polar surface area (TPSA) is 62.5 Å². The summed E-state index contributed by atoms with van der Waals surface area (Å²) < 4.78 is 0. The molecule has 0 spiro atoms. The summed E-state index contributed by atoms with van der Waals surface area (Å²) in [4.78, 5) is 14.9. The van der Waals surface area contributed by atoms with Crippen LogP contribution in [0.4, 0.5) is 0 Å². The quantitative estimate of drug-likeness (QED) is 0.162. The highest BCUT2D eigenvalue weighted by Gasteiger charge is 2.25. The van der Waals surface area contributed by atoms with Crippen molar-refractivity contribution in [2.75, 3.05) is 0 Å². The van der Waals surface area contributed by atoms with Crippen LogP contribution >= 0.6 is 0 Å². The lowest BCUT2D eigenvalue weighted by Gasteiger charge is -2.17. The van der Waals surface area contributed by atoms with E-state index in [1.165, 1.54) is 44.2 Å². The first-order valence-corrected chi connectivity index (χ1v) is 20.1.